The van der Waals surface area contributed by atoms with E-state index in [1.165, 1.54) is 135 Å². The Balaban J connectivity index is 0.000000806. The van der Waals surface area contributed by atoms with Gasteiger partial charge in [-0.1, -0.05) is 48.5 Å². The lowest BCUT2D eigenvalue weighted by Crippen LogP contribution is -2.45. The number of hydrogen-bond donors (Lipinski definition) is 37. The quantitative estimate of drug-likeness (QED) is 0.0247. The summed E-state index contributed by atoms with van der Waals surface area (Å²) in [6, 6.07) is 35.9. The first-order chi connectivity index (χ1) is 65.9. The molecule has 0 heterocycles. The SMILES string of the molecule is CN(C(=N)N)C(N)=NCc1ccc(O)c(O)c1.CN(C)C(N)=NC(N)=NCc1ccc(O)c(O)c1.CN(CCc1ccc(O)c(O)c1)C(=N)N=C(N)N.CN(Cc1ccc(O)c(O)c1)C(=N)N(C)C(=N)N.CN=C(N)N=C(N)N(C)Cc1ccc(O)c(O)c1.CN=C(N)NC(N)=NCc1ccc(O)c(O)c1.CN=C(N=C(N)N)N(C)Cc1ccc(O)c(O)c1.NC(N)=NC(N)=NCCc1ccc(O)c(O)c1. The number of hydrogen-bond acceptors (Lipinski definition) is 27. The second-order valence-corrected chi connectivity index (χ2v) is 29.2. The number of aliphatic imine (C=N–C) groups is 12. The van der Waals surface area contributed by atoms with E-state index >= 15 is 0 Å². The Hall–Kier alpha value is -19.5. The minimum absolute atomic E-state index is 0.00741. The van der Waals surface area contributed by atoms with Crippen LogP contribution in [0.5, 0.6) is 92.0 Å². The molecule has 0 radical (unpaired) electrons. The number of nitrogens with two attached hydrogens (primary N) is 16. The van der Waals surface area contributed by atoms with Crippen molar-refractivity contribution >= 4 is 95.4 Å². The number of aromatic hydroxyl groups is 16. The van der Waals surface area contributed by atoms with Crippen LogP contribution in [-0.4, -0.2) is 302 Å². The zero-order chi connectivity index (χ0) is 107. The average molecular weight is 1970 g/mol. The van der Waals surface area contributed by atoms with Gasteiger partial charge in [-0.05, 0) is 154 Å². The monoisotopic (exact) mass is 1970 g/mol. The number of likely N-dealkylation sites (N-methyl/N-ethyl adjacent to an activating group) is 1. The molecule has 8 rings (SSSR count). The standard InChI is InChI=1S/5C11H17N5O2.3C10H15N5O2/c1-16(2)11(13)15-10(12)14-6-7-3-4-8(17)9(18)5-7;1-14-10(12)15-11(13)16(2)6-7-3-4-8(17)9(18)5-7;1-15(11(14)16(2)10(12)13)6-7-3-4-8(17)9(18)5-7;1-14-11(15-10(12)13)16(2)6-7-3-4-8(17)9(18)5-7;1-16(11(14)15-10(12)13)5-4-7-2-3-8(17)9(18)6-7;1-13-9(11)15-10(12)14-5-6-2-3-7(16)8(17)4-6;1-15(9(11)12)10(13)14-5-6-2-3-7(16)8(17)4-6;11-9(12)15-10(13)14-4-3-6-1-2-7(16)8(17)5-6/h2*3-5,17-18H,6H2,1-2H3,(H4,12,13,14,15);3-5,14,17-18H,6H2,1-2H3,(H3,12,13);3-5,17-18H,6H2,1-2H3,(H4,12,13,14,15);2-3,6,17-18H,4-5H2,1H3,(H5,12,13,14,15);2-4,16-17H,5H2,1H3,(H5,11,12,13,14,15);2-4,16-17H,5H2,1H3,(H3,11,12)(H2,13,14);1-2,5,16-17H,3-4H2,(H6,11,12,13,14,15). The summed E-state index contributed by atoms with van der Waals surface area (Å²) in [5.41, 5.74) is 91.9. The normalized spacial score (nSPS) is 11.4. The zero-order valence-corrected chi connectivity index (χ0v) is 79.3. The molecule has 56 nitrogen and oxygen atoms in total. The Kier molecular flexibility index (Phi) is 51.3. The van der Waals surface area contributed by atoms with Crippen molar-refractivity contribution in [1.82, 2.24) is 39.6 Å². The third-order valence-corrected chi connectivity index (χ3v) is 17.7. The summed E-state index contributed by atoms with van der Waals surface area (Å²) in [7, 11) is 18.0. The summed E-state index contributed by atoms with van der Waals surface area (Å²) in [6.07, 6.45) is 1.14. The van der Waals surface area contributed by atoms with Crippen molar-refractivity contribution in [1.29, 1.82) is 21.6 Å². The molecule has 0 fully saturated rings. The van der Waals surface area contributed by atoms with E-state index in [-0.39, 0.29) is 201 Å². The molecule has 0 aromatic heterocycles. The molecule has 0 aliphatic heterocycles. The molecule has 56 heteroatoms. The topological polar surface area (TPSA) is 1020 Å². The third kappa shape index (κ3) is 47.6. The van der Waals surface area contributed by atoms with Crippen molar-refractivity contribution in [2.45, 2.75) is 52.1 Å². The number of benzene rings is 8. The Labute approximate surface area is 811 Å². The van der Waals surface area contributed by atoms with Crippen LogP contribution in [0.2, 0.25) is 0 Å². The molecular formula is C85H130N40O16. The molecule has 8 aromatic carbocycles. The first kappa shape index (κ1) is 119. The summed E-state index contributed by atoms with van der Waals surface area (Å²) in [6.45, 7) is 2.82. The van der Waals surface area contributed by atoms with Crippen LogP contribution in [0.4, 0.5) is 0 Å². The van der Waals surface area contributed by atoms with Crippen molar-refractivity contribution in [3.05, 3.63) is 190 Å². The molecule has 8 aromatic rings. The molecule has 0 amide bonds. The molecule has 0 saturated heterocycles. The predicted octanol–water partition coefficient (Wildman–Crippen LogP) is -2.15. The molecule has 0 atom stereocenters. The van der Waals surface area contributed by atoms with E-state index in [1.807, 2.05) is 0 Å². The van der Waals surface area contributed by atoms with Gasteiger partial charge >= 0.3 is 0 Å². The highest BCUT2D eigenvalue weighted by Gasteiger charge is 2.16. The van der Waals surface area contributed by atoms with Crippen molar-refractivity contribution in [2.75, 3.05) is 90.6 Å². The lowest BCUT2D eigenvalue weighted by molar-refractivity contribution is 0.400. The van der Waals surface area contributed by atoms with E-state index in [0.717, 1.165) is 27.8 Å². The maximum atomic E-state index is 9.39. The first-order valence-corrected chi connectivity index (χ1v) is 40.7. The zero-order valence-electron chi connectivity index (χ0n) is 79.3. The average Bonchev–Trinajstić information content (AvgIpc) is 0.889. The molecule has 0 saturated carbocycles. The smallest absolute Gasteiger partial charge is 0.223 e. The highest BCUT2D eigenvalue weighted by molar-refractivity contribution is 5.98. The van der Waals surface area contributed by atoms with Gasteiger partial charge in [-0.3, -0.25) is 56.7 Å². The van der Waals surface area contributed by atoms with E-state index in [4.69, 9.17) is 139 Å². The highest BCUT2D eigenvalue weighted by Crippen LogP contribution is 2.32. The van der Waals surface area contributed by atoms with Crippen molar-refractivity contribution in [2.24, 2.45) is 152 Å². The number of guanidine groups is 16. The predicted molar refractivity (Wildman–Crippen MR) is 546 cm³/mol. The fourth-order valence-corrected chi connectivity index (χ4v) is 9.85. The summed E-state index contributed by atoms with van der Waals surface area (Å²) >= 11 is 0. The maximum Gasteiger partial charge on any atom is 0.223 e. The van der Waals surface area contributed by atoms with E-state index < -0.39 is 0 Å². The fourth-order valence-electron chi connectivity index (χ4n) is 9.85. The van der Waals surface area contributed by atoms with Crippen molar-refractivity contribution in [3.8, 4) is 92.0 Å². The molecule has 0 aliphatic rings. The molecule has 0 spiro atoms. The minimum atomic E-state index is -0.222. The molecule has 53 N–H and O–H groups in total. The Morgan fingerprint density at radius 1 is 0.284 bits per heavy atom. The Morgan fingerprint density at radius 3 is 0.950 bits per heavy atom. The van der Waals surface area contributed by atoms with Crippen LogP contribution in [0.3, 0.4) is 0 Å². The number of rotatable bonds is 18. The van der Waals surface area contributed by atoms with E-state index in [1.54, 1.807) is 122 Å². The van der Waals surface area contributed by atoms with Gasteiger partial charge in [-0.15, -0.1) is 0 Å². The van der Waals surface area contributed by atoms with Crippen LogP contribution in [-0.2, 0) is 52.1 Å². The molecule has 0 aliphatic carbocycles. The molecule has 0 bridgehead atoms. The van der Waals surface area contributed by atoms with Gasteiger partial charge in [-0.2, -0.15) is 25.0 Å². The van der Waals surface area contributed by atoms with E-state index in [2.05, 4.69) is 65.2 Å². The molecule has 141 heavy (non-hydrogen) atoms. The van der Waals surface area contributed by atoms with Crippen LogP contribution in [0.25, 0.3) is 0 Å². The summed E-state index contributed by atoms with van der Waals surface area (Å²) in [4.78, 5) is 56.5. The van der Waals surface area contributed by atoms with Crippen molar-refractivity contribution < 1.29 is 81.7 Å². The number of phenolic OH excluding ortho intramolecular Hbond substituents is 16. The second-order valence-electron chi connectivity index (χ2n) is 29.2. The van der Waals surface area contributed by atoms with Gasteiger partial charge in [0.1, 0.15) is 0 Å². The number of phenols is 16. The van der Waals surface area contributed by atoms with Crippen LogP contribution in [0.15, 0.2) is 206 Å². The number of nitrogens with zero attached hydrogens (tertiary/aromatic N) is 19. The van der Waals surface area contributed by atoms with Gasteiger partial charge in [0.05, 0.1) is 19.6 Å². The Bertz CT molecular complexity index is 5860. The Morgan fingerprint density at radius 2 is 0.603 bits per heavy atom. The van der Waals surface area contributed by atoms with Gasteiger partial charge in [0.15, 0.2) is 158 Å². The maximum absolute atomic E-state index is 9.39. The molecule has 0 unspecified atom stereocenters. The van der Waals surface area contributed by atoms with Gasteiger partial charge in [0.25, 0.3) is 0 Å². The molecule has 766 valence electrons. The van der Waals surface area contributed by atoms with Crippen molar-refractivity contribution in [3.63, 3.8) is 0 Å². The number of nitrogens with one attached hydrogen (secondary N) is 5. The first-order valence-electron chi connectivity index (χ1n) is 40.7. The van der Waals surface area contributed by atoms with Crippen LogP contribution in [0, 0.1) is 21.6 Å². The fraction of sp³-hybridized carbons (Fsp3) is 0.247. The van der Waals surface area contributed by atoms with Gasteiger partial charge in [0.2, 0.25) is 29.8 Å². The van der Waals surface area contributed by atoms with E-state index in [0.29, 0.717) is 68.2 Å². The van der Waals surface area contributed by atoms with Gasteiger partial charge in [-0.25, -0.2) is 15.0 Å². The van der Waals surface area contributed by atoms with E-state index in [9.17, 15) is 56.2 Å². The van der Waals surface area contributed by atoms with Gasteiger partial charge < -0.3 is 198 Å². The lowest BCUT2D eigenvalue weighted by Gasteiger charge is -2.26. The third-order valence-electron chi connectivity index (χ3n) is 17.7. The lowest BCUT2D eigenvalue weighted by atomic mass is 10.1. The van der Waals surface area contributed by atoms with Crippen LogP contribution >= 0.6 is 0 Å². The summed E-state index contributed by atoms with van der Waals surface area (Å²) < 4.78 is 0. The highest BCUT2D eigenvalue weighted by atomic mass is 16.3. The van der Waals surface area contributed by atoms with Crippen LogP contribution in [0.1, 0.15) is 44.5 Å². The summed E-state index contributed by atoms with van der Waals surface area (Å²) in [5, 5.41) is 180. The largest absolute Gasteiger partial charge is 0.504 e. The second kappa shape index (κ2) is 60.6. The molecular weight excluding hydrogens is 1840 g/mol. The van der Waals surface area contributed by atoms with Gasteiger partial charge in [0, 0.05) is 110 Å². The van der Waals surface area contributed by atoms with Crippen LogP contribution < -0.4 is 97.1 Å². The minimum Gasteiger partial charge on any atom is -0.504 e. The summed E-state index contributed by atoms with van der Waals surface area (Å²) in [5.74, 6) is -2.20.